The topological polar surface area (TPSA) is 154 Å². The Labute approximate surface area is 173 Å². The number of nitrogens with two attached hydrogens (primary N) is 1. The van der Waals surface area contributed by atoms with Crippen molar-refractivity contribution in [2.45, 2.75) is 24.5 Å². The number of imide groups is 1. The first-order valence-corrected chi connectivity index (χ1v) is 10.2. The minimum Gasteiger partial charge on any atom is -0.495 e. The van der Waals surface area contributed by atoms with E-state index in [2.05, 4.69) is 10.6 Å². The van der Waals surface area contributed by atoms with Crippen molar-refractivity contribution in [1.82, 2.24) is 10.6 Å². The molecule has 0 heterocycles. The van der Waals surface area contributed by atoms with Gasteiger partial charge in [-0.3, -0.25) is 10.1 Å². The molecule has 0 aromatic heterocycles. The lowest BCUT2D eigenvalue weighted by Gasteiger charge is -2.14. The molecule has 0 radical (unpaired) electrons. The number of sulfonamides is 1. The van der Waals surface area contributed by atoms with Gasteiger partial charge in [0, 0.05) is 6.54 Å². The minimum absolute atomic E-state index is 0.0464. The van der Waals surface area contributed by atoms with E-state index in [4.69, 9.17) is 14.6 Å². The third-order valence-electron chi connectivity index (χ3n) is 3.89. The van der Waals surface area contributed by atoms with E-state index < -0.39 is 38.9 Å². The van der Waals surface area contributed by atoms with Crippen molar-refractivity contribution in [2.24, 2.45) is 5.14 Å². The van der Waals surface area contributed by atoms with Crippen molar-refractivity contribution in [3.05, 3.63) is 59.7 Å². The number of ether oxygens (including phenoxy) is 2. The number of esters is 1. The SMILES string of the molecule is COc1ccc(C(=O)OC(C)C(=O)NC(=O)NCc2ccccc2)cc1S(N)(=O)=O. The Morgan fingerprint density at radius 2 is 1.77 bits per heavy atom. The lowest BCUT2D eigenvalue weighted by Crippen LogP contribution is -2.44. The smallest absolute Gasteiger partial charge is 0.338 e. The molecule has 2 rings (SSSR count). The number of carbonyl (C=O) groups is 3. The summed E-state index contributed by atoms with van der Waals surface area (Å²) in [5.74, 6) is -1.88. The number of hydrogen-bond acceptors (Lipinski definition) is 7. The maximum Gasteiger partial charge on any atom is 0.338 e. The largest absolute Gasteiger partial charge is 0.495 e. The molecule has 4 N–H and O–H groups in total. The van der Waals surface area contributed by atoms with E-state index >= 15 is 0 Å². The first kappa shape index (κ1) is 22.8. The summed E-state index contributed by atoms with van der Waals surface area (Å²) >= 11 is 0. The van der Waals surface area contributed by atoms with Crippen LogP contribution in [0.25, 0.3) is 0 Å². The van der Waals surface area contributed by atoms with Gasteiger partial charge in [0.25, 0.3) is 5.91 Å². The number of benzene rings is 2. The van der Waals surface area contributed by atoms with Gasteiger partial charge in [-0.2, -0.15) is 0 Å². The normalized spacial score (nSPS) is 11.8. The maximum atomic E-state index is 12.3. The number of amides is 3. The first-order chi connectivity index (χ1) is 14.1. The van der Waals surface area contributed by atoms with Crippen molar-refractivity contribution in [2.75, 3.05) is 7.11 Å². The number of urea groups is 1. The summed E-state index contributed by atoms with van der Waals surface area (Å²) in [6, 6.07) is 11.8. The molecule has 0 saturated carbocycles. The van der Waals surface area contributed by atoms with Crippen molar-refractivity contribution in [1.29, 1.82) is 0 Å². The third-order valence-corrected chi connectivity index (χ3v) is 4.82. The van der Waals surface area contributed by atoms with Crippen LogP contribution in [-0.2, 0) is 26.1 Å². The standard InChI is InChI=1S/C19H21N3O7S/c1-12(17(23)22-19(25)21-11-13-6-4-3-5-7-13)29-18(24)14-8-9-15(28-2)16(10-14)30(20,26)27/h3-10,12H,11H2,1-2H3,(H2,20,26,27)(H2,21,22,23,25). The van der Waals surface area contributed by atoms with Crippen LogP contribution in [0.1, 0.15) is 22.8 Å². The van der Waals surface area contributed by atoms with E-state index in [1.54, 1.807) is 12.1 Å². The third kappa shape index (κ3) is 6.29. The summed E-state index contributed by atoms with van der Waals surface area (Å²) < 4.78 is 33.2. The number of hydrogen-bond donors (Lipinski definition) is 3. The average Bonchev–Trinajstić information content (AvgIpc) is 2.71. The molecule has 0 aliphatic heterocycles. The van der Waals surface area contributed by atoms with Gasteiger partial charge in [0.1, 0.15) is 10.6 Å². The highest BCUT2D eigenvalue weighted by molar-refractivity contribution is 7.89. The van der Waals surface area contributed by atoms with E-state index in [0.717, 1.165) is 11.6 Å². The van der Waals surface area contributed by atoms with Crippen LogP contribution in [0.15, 0.2) is 53.4 Å². The molecular formula is C19H21N3O7S. The van der Waals surface area contributed by atoms with Crippen LogP contribution in [-0.4, -0.2) is 39.5 Å². The summed E-state index contributed by atoms with van der Waals surface area (Å²) in [4.78, 5) is 35.8. The Balaban J connectivity index is 1.96. The molecule has 1 unspecified atom stereocenters. The Bertz CT molecular complexity index is 1040. The van der Waals surface area contributed by atoms with Crippen LogP contribution in [0.5, 0.6) is 5.75 Å². The van der Waals surface area contributed by atoms with E-state index in [9.17, 15) is 22.8 Å². The summed E-state index contributed by atoms with van der Waals surface area (Å²) in [6.45, 7) is 1.47. The van der Waals surface area contributed by atoms with Crippen molar-refractivity contribution < 1.29 is 32.3 Å². The molecule has 0 saturated heterocycles. The quantitative estimate of drug-likeness (QED) is 0.546. The molecule has 3 amide bonds. The lowest BCUT2D eigenvalue weighted by atomic mass is 10.2. The van der Waals surface area contributed by atoms with Gasteiger partial charge in [-0.1, -0.05) is 30.3 Å². The van der Waals surface area contributed by atoms with Gasteiger partial charge >= 0.3 is 12.0 Å². The van der Waals surface area contributed by atoms with Crippen LogP contribution in [0.3, 0.4) is 0 Å². The van der Waals surface area contributed by atoms with Gasteiger partial charge < -0.3 is 14.8 Å². The molecule has 1 atom stereocenters. The monoisotopic (exact) mass is 435 g/mol. The Morgan fingerprint density at radius 1 is 1.10 bits per heavy atom. The summed E-state index contributed by atoms with van der Waals surface area (Å²) in [5.41, 5.74) is 0.678. The molecule has 2 aromatic rings. The van der Waals surface area contributed by atoms with Crippen molar-refractivity contribution in [3.63, 3.8) is 0 Å². The summed E-state index contributed by atoms with van der Waals surface area (Å²) in [6.07, 6.45) is -1.32. The highest BCUT2D eigenvalue weighted by atomic mass is 32.2. The van der Waals surface area contributed by atoms with Gasteiger partial charge in [0.2, 0.25) is 10.0 Å². The van der Waals surface area contributed by atoms with Crippen LogP contribution < -0.4 is 20.5 Å². The number of nitrogens with one attached hydrogen (secondary N) is 2. The highest BCUT2D eigenvalue weighted by Gasteiger charge is 2.23. The average molecular weight is 435 g/mol. The minimum atomic E-state index is -4.16. The van der Waals surface area contributed by atoms with Crippen LogP contribution in [0, 0.1) is 0 Å². The second-order valence-corrected chi connectivity index (χ2v) is 7.65. The number of methoxy groups -OCH3 is 1. The second kappa shape index (κ2) is 9.85. The fourth-order valence-electron chi connectivity index (χ4n) is 2.34. The van der Waals surface area contributed by atoms with E-state index in [0.29, 0.717) is 0 Å². The number of carbonyl (C=O) groups excluding carboxylic acids is 3. The zero-order valence-corrected chi connectivity index (χ0v) is 17.1. The van der Waals surface area contributed by atoms with E-state index in [-0.39, 0.29) is 17.9 Å². The molecule has 160 valence electrons. The molecule has 2 aromatic carbocycles. The first-order valence-electron chi connectivity index (χ1n) is 8.66. The molecule has 0 spiro atoms. The van der Waals surface area contributed by atoms with Gasteiger partial charge in [-0.15, -0.1) is 0 Å². The number of rotatable bonds is 7. The molecule has 0 fully saturated rings. The van der Waals surface area contributed by atoms with Gasteiger partial charge in [0.05, 0.1) is 12.7 Å². The van der Waals surface area contributed by atoms with Crippen LogP contribution >= 0.6 is 0 Å². The fraction of sp³-hybridized carbons (Fsp3) is 0.211. The van der Waals surface area contributed by atoms with Crippen molar-refractivity contribution in [3.8, 4) is 5.75 Å². The molecule has 11 heteroatoms. The van der Waals surface area contributed by atoms with E-state index in [1.165, 1.54) is 26.2 Å². The molecule has 0 aliphatic carbocycles. The zero-order valence-electron chi connectivity index (χ0n) is 16.2. The Morgan fingerprint density at radius 3 is 2.37 bits per heavy atom. The summed E-state index contributed by atoms with van der Waals surface area (Å²) in [7, 11) is -2.91. The predicted molar refractivity (Wildman–Crippen MR) is 106 cm³/mol. The van der Waals surface area contributed by atoms with Crippen molar-refractivity contribution >= 4 is 27.9 Å². The Kier molecular flexibility index (Phi) is 7.50. The lowest BCUT2D eigenvalue weighted by molar-refractivity contribution is -0.127. The predicted octanol–water partition coefficient (Wildman–Crippen LogP) is 0.914. The van der Waals surface area contributed by atoms with Crippen LogP contribution in [0.4, 0.5) is 4.79 Å². The zero-order chi connectivity index (χ0) is 22.3. The summed E-state index contributed by atoms with van der Waals surface area (Å²) in [5, 5.41) is 9.67. The van der Waals surface area contributed by atoms with Gasteiger partial charge in [-0.05, 0) is 30.7 Å². The van der Waals surface area contributed by atoms with Gasteiger partial charge in [0.15, 0.2) is 6.10 Å². The molecule has 30 heavy (non-hydrogen) atoms. The molecule has 0 aliphatic rings. The number of primary sulfonamides is 1. The van der Waals surface area contributed by atoms with Crippen LogP contribution in [0.2, 0.25) is 0 Å². The maximum absolute atomic E-state index is 12.3. The molecule has 0 bridgehead atoms. The molecule has 10 nitrogen and oxygen atoms in total. The van der Waals surface area contributed by atoms with Gasteiger partial charge in [-0.25, -0.2) is 23.1 Å². The van der Waals surface area contributed by atoms with E-state index in [1.807, 2.05) is 18.2 Å². The molecular weight excluding hydrogens is 414 g/mol. The Hall–Kier alpha value is -3.44. The highest BCUT2D eigenvalue weighted by Crippen LogP contribution is 2.24. The fourth-order valence-corrected chi connectivity index (χ4v) is 3.07. The second-order valence-electron chi connectivity index (χ2n) is 6.12.